The largest absolute Gasteiger partial charge is 0.358 e. The molecule has 0 bridgehead atoms. The van der Waals surface area contributed by atoms with Crippen molar-refractivity contribution in [2.45, 2.75) is 78.3 Å². The quantitative estimate of drug-likeness (QED) is 0.733. The van der Waals surface area contributed by atoms with Gasteiger partial charge in [-0.25, -0.2) is 0 Å². The van der Waals surface area contributed by atoms with Gasteiger partial charge in [0.1, 0.15) is 11.6 Å². The molecule has 3 heterocycles. The lowest BCUT2D eigenvalue weighted by molar-refractivity contribution is 0.436. The maximum atomic E-state index is 5.49. The van der Waals surface area contributed by atoms with Gasteiger partial charge < -0.3 is 20.4 Å². The average Bonchev–Trinajstić information content (AvgIpc) is 2.60. The first-order valence-electron chi connectivity index (χ1n) is 10.7. The highest BCUT2D eigenvalue weighted by atomic mass is 32.1. The Bertz CT molecular complexity index is 678. The first-order chi connectivity index (χ1) is 13.2. The summed E-state index contributed by atoms with van der Waals surface area (Å²) >= 11 is 5.49. The van der Waals surface area contributed by atoms with Crippen molar-refractivity contribution in [3.63, 3.8) is 0 Å². The molecule has 0 aromatic carbocycles. The molecule has 6 nitrogen and oxygen atoms in total. The molecule has 3 rings (SSSR count). The highest BCUT2D eigenvalue weighted by Crippen LogP contribution is 2.29. The lowest BCUT2D eigenvalue weighted by atomic mass is 9.99. The summed E-state index contributed by atoms with van der Waals surface area (Å²) in [6.45, 7) is 14.1. The molecule has 28 heavy (non-hydrogen) atoms. The van der Waals surface area contributed by atoms with Gasteiger partial charge in [0.05, 0.1) is 0 Å². The molecule has 2 fully saturated rings. The SMILES string of the molecule is CC1CCN(c2cc(N3CCCC[C@@H]3C)nc(NC(=S)NC(C)(C)C)n2)CC1. The molecule has 7 heteroatoms. The normalized spacial score (nSPS) is 21.5. The highest BCUT2D eigenvalue weighted by Gasteiger charge is 2.24. The maximum absolute atomic E-state index is 5.49. The number of thiocarbonyl (C=S) groups is 1. The zero-order chi connectivity index (χ0) is 20.3. The van der Waals surface area contributed by atoms with Gasteiger partial charge >= 0.3 is 0 Å². The van der Waals surface area contributed by atoms with Crippen molar-refractivity contribution >= 4 is 34.9 Å². The first-order valence-corrected chi connectivity index (χ1v) is 11.1. The Morgan fingerprint density at radius 3 is 2.36 bits per heavy atom. The Hall–Kier alpha value is -1.63. The predicted molar refractivity (Wildman–Crippen MR) is 122 cm³/mol. The summed E-state index contributed by atoms with van der Waals surface area (Å²) in [5.41, 5.74) is -0.102. The van der Waals surface area contributed by atoms with Crippen molar-refractivity contribution in [2.75, 3.05) is 34.8 Å². The topological polar surface area (TPSA) is 56.3 Å². The number of nitrogens with zero attached hydrogens (tertiary/aromatic N) is 4. The van der Waals surface area contributed by atoms with Crippen LogP contribution in [0.3, 0.4) is 0 Å². The van der Waals surface area contributed by atoms with Gasteiger partial charge in [0.2, 0.25) is 5.95 Å². The fourth-order valence-corrected chi connectivity index (χ4v) is 4.33. The molecule has 0 spiro atoms. The molecule has 0 unspecified atom stereocenters. The molecule has 0 amide bonds. The molecule has 2 aliphatic heterocycles. The van der Waals surface area contributed by atoms with Crippen molar-refractivity contribution in [3.05, 3.63) is 6.07 Å². The second-order valence-electron chi connectivity index (χ2n) is 9.44. The van der Waals surface area contributed by atoms with Gasteiger partial charge in [0, 0.05) is 37.3 Å². The van der Waals surface area contributed by atoms with Gasteiger partial charge in [0.15, 0.2) is 5.11 Å². The Morgan fingerprint density at radius 2 is 1.71 bits per heavy atom. The van der Waals surface area contributed by atoms with E-state index in [1.807, 2.05) is 0 Å². The van der Waals surface area contributed by atoms with Gasteiger partial charge in [-0.1, -0.05) is 6.92 Å². The third kappa shape index (κ3) is 5.69. The fourth-order valence-electron chi connectivity index (χ4n) is 3.94. The molecule has 1 aromatic rings. The minimum absolute atomic E-state index is 0.102. The Balaban J connectivity index is 1.86. The van der Waals surface area contributed by atoms with E-state index < -0.39 is 0 Å². The molecule has 156 valence electrons. The number of hydrogen-bond donors (Lipinski definition) is 2. The molecule has 0 aliphatic carbocycles. The predicted octanol–water partition coefficient (Wildman–Crippen LogP) is 4.18. The van der Waals surface area contributed by atoms with Crippen LogP contribution >= 0.6 is 12.2 Å². The smallest absolute Gasteiger partial charge is 0.232 e. The molecule has 2 saturated heterocycles. The lowest BCUT2D eigenvalue weighted by Gasteiger charge is -2.36. The van der Waals surface area contributed by atoms with Crippen LogP contribution in [0.1, 0.15) is 66.7 Å². The fraction of sp³-hybridized carbons (Fsp3) is 0.762. The van der Waals surface area contributed by atoms with Gasteiger partial charge in [-0.15, -0.1) is 0 Å². The van der Waals surface area contributed by atoms with E-state index in [1.165, 1.54) is 32.1 Å². The van der Waals surface area contributed by atoms with Crippen molar-refractivity contribution in [1.29, 1.82) is 0 Å². The van der Waals surface area contributed by atoms with Crippen LogP contribution in [0.25, 0.3) is 0 Å². The molecule has 2 N–H and O–H groups in total. The summed E-state index contributed by atoms with van der Waals surface area (Å²) < 4.78 is 0. The number of piperidine rings is 2. The van der Waals surface area contributed by atoms with E-state index in [4.69, 9.17) is 22.2 Å². The average molecular weight is 405 g/mol. The van der Waals surface area contributed by atoms with E-state index in [9.17, 15) is 0 Å². The molecule has 1 atom stereocenters. The van der Waals surface area contributed by atoms with Gasteiger partial charge in [0.25, 0.3) is 0 Å². The molecular formula is C21H36N6S. The summed E-state index contributed by atoms with van der Waals surface area (Å²) in [6.07, 6.45) is 6.16. The van der Waals surface area contributed by atoms with Crippen LogP contribution < -0.4 is 20.4 Å². The van der Waals surface area contributed by atoms with Crippen LogP contribution in [-0.4, -0.2) is 46.3 Å². The second kappa shape index (κ2) is 8.80. The third-order valence-corrected chi connectivity index (χ3v) is 5.82. The van der Waals surface area contributed by atoms with E-state index in [0.29, 0.717) is 17.1 Å². The van der Waals surface area contributed by atoms with Crippen molar-refractivity contribution in [3.8, 4) is 0 Å². The zero-order valence-corrected chi connectivity index (χ0v) is 18.9. The van der Waals surface area contributed by atoms with Crippen molar-refractivity contribution in [2.24, 2.45) is 5.92 Å². The van der Waals surface area contributed by atoms with Crippen molar-refractivity contribution < 1.29 is 0 Å². The van der Waals surface area contributed by atoms with Gasteiger partial charge in [-0.2, -0.15) is 9.97 Å². The summed E-state index contributed by atoms with van der Waals surface area (Å²) in [6, 6.07) is 2.67. The highest BCUT2D eigenvalue weighted by molar-refractivity contribution is 7.80. The van der Waals surface area contributed by atoms with Crippen LogP contribution in [0.2, 0.25) is 0 Å². The monoisotopic (exact) mass is 404 g/mol. The number of rotatable bonds is 3. The minimum atomic E-state index is -0.102. The van der Waals surface area contributed by atoms with E-state index >= 15 is 0 Å². The van der Waals surface area contributed by atoms with Gasteiger partial charge in [-0.3, -0.25) is 0 Å². The maximum Gasteiger partial charge on any atom is 0.232 e. The summed E-state index contributed by atoms with van der Waals surface area (Å²) in [5, 5.41) is 7.08. The van der Waals surface area contributed by atoms with Crippen molar-refractivity contribution in [1.82, 2.24) is 15.3 Å². The summed E-state index contributed by atoms with van der Waals surface area (Å²) in [5.74, 6) is 3.40. The number of aromatic nitrogens is 2. The van der Waals surface area contributed by atoms with Crippen LogP contribution in [0.5, 0.6) is 0 Å². The van der Waals surface area contributed by atoms with Crippen LogP contribution in [0.15, 0.2) is 6.07 Å². The molecular weight excluding hydrogens is 368 g/mol. The molecule has 0 saturated carbocycles. The zero-order valence-electron chi connectivity index (χ0n) is 18.1. The molecule has 2 aliphatic rings. The third-order valence-electron chi connectivity index (χ3n) is 5.62. The standard InChI is InChI=1S/C21H36N6S/c1-15-9-12-26(13-10-15)17-14-18(27-11-7-6-8-16(27)2)23-19(22-17)24-20(28)25-21(3,4)5/h14-16H,6-13H2,1-5H3,(H2,22,23,24,25,28)/t16-/m0/s1. The number of anilines is 3. The summed E-state index contributed by atoms with van der Waals surface area (Å²) in [4.78, 5) is 14.5. The van der Waals surface area contributed by atoms with E-state index in [-0.39, 0.29) is 5.54 Å². The Labute approximate surface area is 175 Å². The first kappa shape index (κ1) is 21.1. The molecule has 0 radical (unpaired) electrons. The van der Waals surface area contributed by atoms with Crippen LogP contribution in [0.4, 0.5) is 17.6 Å². The minimum Gasteiger partial charge on any atom is -0.358 e. The Morgan fingerprint density at radius 1 is 1.04 bits per heavy atom. The Kier molecular flexibility index (Phi) is 6.63. The van der Waals surface area contributed by atoms with E-state index in [2.05, 4.69) is 61.1 Å². The summed E-state index contributed by atoms with van der Waals surface area (Å²) in [7, 11) is 0. The van der Waals surface area contributed by atoms with Crippen LogP contribution in [0, 0.1) is 5.92 Å². The van der Waals surface area contributed by atoms with Gasteiger partial charge in [-0.05, 0) is 77.9 Å². The van der Waals surface area contributed by atoms with E-state index in [1.54, 1.807) is 0 Å². The number of nitrogens with one attached hydrogen (secondary N) is 2. The van der Waals surface area contributed by atoms with Crippen LogP contribution in [-0.2, 0) is 0 Å². The van der Waals surface area contributed by atoms with E-state index in [0.717, 1.165) is 37.2 Å². The molecule has 1 aromatic heterocycles. The second-order valence-corrected chi connectivity index (χ2v) is 9.85. The lowest BCUT2D eigenvalue weighted by Crippen LogP contribution is -2.43. The number of hydrogen-bond acceptors (Lipinski definition) is 5.